The standard InChI is InChI=1S/C15H16Cl3NO4S/c16-11-5-13(18)14(6-12(11)17)23-7-15(20)19(9-1-2-9)10-3-4-24(21,22)8-10/h5-6,9-10H,1-4,7-8H2/t10-/m1/s1. The molecule has 1 heterocycles. The molecule has 0 N–H and O–H groups in total. The van der Waals surface area contributed by atoms with Crippen LogP contribution >= 0.6 is 34.8 Å². The third kappa shape index (κ3) is 4.10. The second-order valence-electron chi connectivity index (χ2n) is 6.07. The number of hydrogen-bond donors (Lipinski definition) is 0. The highest BCUT2D eigenvalue weighted by atomic mass is 35.5. The smallest absolute Gasteiger partial charge is 0.261 e. The summed E-state index contributed by atoms with van der Waals surface area (Å²) in [5, 5.41) is 0.846. The average molecular weight is 413 g/mol. The molecule has 0 spiro atoms. The number of ether oxygens (including phenoxy) is 1. The van der Waals surface area contributed by atoms with Gasteiger partial charge in [0, 0.05) is 18.2 Å². The molecule has 2 fully saturated rings. The summed E-state index contributed by atoms with van der Waals surface area (Å²) in [6.45, 7) is -0.218. The van der Waals surface area contributed by atoms with Crippen LogP contribution in [-0.4, -0.2) is 49.4 Å². The summed E-state index contributed by atoms with van der Waals surface area (Å²) in [4.78, 5) is 14.2. The minimum atomic E-state index is -3.05. The first-order valence-corrected chi connectivity index (χ1v) is 10.5. The fourth-order valence-corrected chi connectivity index (χ4v) is 5.18. The summed E-state index contributed by atoms with van der Waals surface area (Å²) in [7, 11) is -3.05. The second kappa shape index (κ2) is 6.90. The summed E-state index contributed by atoms with van der Waals surface area (Å²) < 4.78 is 28.9. The Labute approximate surface area is 155 Å². The van der Waals surface area contributed by atoms with Crippen LogP contribution in [0.4, 0.5) is 0 Å². The maximum absolute atomic E-state index is 12.6. The number of sulfone groups is 1. The van der Waals surface area contributed by atoms with Crippen LogP contribution in [0.3, 0.4) is 0 Å². The first-order valence-electron chi connectivity index (χ1n) is 7.56. The van der Waals surface area contributed by atoms with Gasteiger partial charge in [-0.05, 0) is 25.3 Å². The van der Waals surface area contributed by atoms with Crippen LogP contribution in [0.5, 0.6) is 5.75 Å². The van der Waals surface area contributed by atoms with Gasteiger partial charge in [-0.15, -0.1) is 0 Å². The molecular formula is C15H16Cl3NO4S. The van der Waals surface area contributed by atoms with Crippen molar-refractivity contribution in [3.05, 3.63) is 27.2 Å². The van der Waals surface area contributed by atoms with Crippen LogP contribution < -0.4 is 4.74 Å². The number of benzene rings is 1. The maximum Gasteiger partial charge on any atom is 0.261 e. The zero-order chi connectivity index (χ0) is 17.5. The molecule has 1 atom stereocenters. The lowest BCUT2D eigenvalue weighted by Gasteiger charge is -2.28. The van der Waals surface area contributed by atoms with Crippen molar-refractivity contribution in [1.29, 1.82) is 0 Å². The van der Waals surface area contributed by atoms with Crippen LogP contribution in [0.1, 0.15) is 19.3 Å². The molecular weight excluding hydrogens is 397 g/mol. The third-order valence-corrected chi connectivity index (χ3v) is 6.92. The average Bonchev–Trinajstić information content (AvgIpc) is 3.25. The van der Waals surface area contributed by atoms with Gasteiger partial charge < -0.3 is 9.64 Å². The van der Waals surface area contributed by atoms with E-state index < -0.39 is 9.84 Å². The molecule has 0 bridgehead atoms. The molecule has 24 heavy (non-hydrogen) atoms. The van der Waals surface area contributed by atoms with Crippen molar-refractivity contribution in [1.82, 2.24) is 4.90 Å². The minimum Gasteiger partial charge on any atom is -0.482 e. The normalized spacial score (nSPS) is 22.4. The quantitative estimate of drug-likeness (QED) is 0.697. The zero-order valence-electron chi connectivity index (χ0n) is 12.7. The molecule has 5 nitrogen and oxygen atoms in total. The first kappa shape index (κ1) is 18.1. The highest BCUT2D eigenvalue weighted by Gasteiger charge is 2.42. The fraction of sp³-hybridized carbons (Fsp3) is 0.533. The lowest BCUT2D eigenvalue weighted by atomic mass is 10.2. The number of nitrogens with zero attached hydrogens (tertiary/aromatic N) is 1. The predicted octanol–water partition coefficient (Wildman–Crippen LogP) is 3.20. The van der Waals surface area contributed by atoms with Gasteiger partial charge in [0.2, 0.25) is 0 Å². The van der Waals surface area contributed by atoms with Crippen LogP contribution in [0, 0.1) is 0 Å². The summed E-state index contributed by atoms with van der Waals surface area (Å²) in [5.41, 5.74) is 0. The van der Waals surface area contributed by atoms with E-state index >= 15 is 0 Å². The Morgan fingerprint density at radius 2 is 1.75 bits per heavy atom. The van der Waals surface area contributed by atoms with Crippen molar-refractivity contribution in [2.24, 2.45) is 0 Å². The number of halogens is 3. The van der Waals surface area contributed by atoms with Crippen molar-refractivity contribution < 1.29 is 17.9 Å². The SMILES string of the molecule is O=C(COc1cc(Cl)c(Cl)cc1Cl)N(C1CC1)[C@@H]1CCS(=O)(=O)C1. The van der Waals surface area contributed by atoms with Gasteiger partial charge in [-0.3, -0.25) is 4.79 Å². The van der Waals surface area contributed by atoms with E-state index in [-0.39, 0.29) is 51.9 Å². The molecule has 132 valence electrons. The molecule has 1 aromatic rings. The summed E-state index contributed by atoms with van der Waals surface area (Å²) in [5.74, 6) is 0.201. The Bertz CT molecular complexity index is 764. The molecule has 1 saturated carbocycles. The van der Waals surface area contributed by atoms with E-state index in [1.807, 2.05) is 0 Å². The van der Waals surface area contributed by atoms with E-state index in [9.17, 15) is 13.2 Å². The fourth-order valence-electron chi connectivity index (χ4n) is 2.88. The Balaban J connectivity index is 1.68. The zero-order valence-corrected chi connectivity index (χ0v) is 15.8. The van der Waals surface area contributed by atoms with Crippen molar-refractivity contribution in [2.45, 2.75) is 31.3 Å². The van der Waals surface area contributed by atoms with E-state index in [1.54, 1.807) is 4.90 Å². The first-order chi connectivity index (χ1) is 11.3. The summed E-state index contributed by atoms with van der Waals surface area (Å²) in [6, 6.07) is 2.76. The van der Waals surface area contributed by atoms with Gasteiger partial charge in [-0.1, -0.05) is 34.8 Å². The third-order valence-electron chi connectivity index (χ3n) is 4.16. The molecule has 1 amide bonds. The number of carbonyl (C=O) groups excluding carboxylic acids is 1. The molecule has 1 aromatic carbocycles. The lowest BCUT2D eigenvalue weighted by molar-refractivity contribution is -0.135. The molecule has 0 radical (unpaired) electrons. The van der Waals surface area contributed by atoms with E-state index in [0.717, 1.165) is 12.8 Å². The molecule has 1 saturated heterocycles. The Hall–Kier alpha value is -0.690. The molecule has 1 aliphatic carbocycles. The molecule has 2 aliphatic rings. The molecule has 0 aromatic heterocycles. The van der Waals surface area contributed by atoms with Crippen LogP contribution in [0.15, 0.2) is 12.1 Å². The van der Waals surface area contributed by atoms with Crippen molar-refractivity contribution in [3.8, 4) is 5.75 Å². The van der Waals surface area contributed by atoms with Crippen molar-refractivity contribution >= 4 is 50.5 Å². The van der Waals surface area contributed by atoms with E-state index in [1.165, 1.54) is 12.1 Å². The Kier molecular flexibility index (Phi) is 5.21. The molecule has 1 aliphatic heterocycles. The van der Waals surface area contributed by atoms with Gasteiger partial charge in [-0.2, -0.15) is 0 Å². The topological polar surface area (TPSA) is 63.7 Å². The monoisotopic (exact) mass is 411 g/mol. The van der Waals surface area contributed by atoms with E-state index in [0.29, 0.717) is 11.4 Å². The van der Waals surface area contributed by atoms with Gasteiger partial charge in [0.05, 0.1) is 26.6 Å². The summed E-state index contributed by atoms with van der Waals surface area (Å²) >= 11 is 17.8. The van der Waals surface area contributed by atoms with Crippen LogP contribution in [0.2, 0.25) is 15.1 Å². The largest absolute Gasteiger partial charge is 0.482 e. The van der Waals surface area contributed by atoms with Gasteiger partial charge >= 0.3 is 0 Å². The predicted molar refractivity (Wildman–Crippen MR) is 93.9 cm³/mol. The number of hydrogen-bond acceptors (Lipinski definition) is 4. The Morgan fingerprint density at radius 1 is 1.08 bits per heavy atom. The molecule has 0 unspecified atom stereocenters. The molecule has 9 heteroatoms. The summed E-state index contributed by atoms with van der Waals surface area (Å²) in [6.07, 6.45) is 2.28. The van der Waals surface area contributed by atoms with Gasteiger partial charge in [0.25, 0.3) is 5.91 Å². The van der Waals surface area contributed by atoms with Crippen molar-refractivity contribution in [2.75, 3.05) is 18.1 Å². The second-order valence-corrected chi connectivity index (χ2v) is 9.52. The minimum absolute atomic E-state index is 0.0305. The number of amides is 1. The van der Waals surface area contributed by atoms with Gasteiger partial charge in [-0.25, -0.2) is 8.42 Å². The maximum atomic E-state index is 12.6. The lowest BCUT2D eigenvalue weighted by Crippen LogP contribution is -2.45. The van der Waals surface area contributed by atoms with E-state index in [2.05, 4.69) is 0 Å². The van der Waals surface area contributed by atoms with Gasteiger partial charge in [0.15, 0.2) is 16.4 Å². The van der Waals surface area contributed by atoms with Crippen molar-refractivity contribution in [3.63, 3.8) is 0 Å². The van der Waals surface area contributed by atoms with Crippen LogP contribution in [0.25, 0.3) is 0 Å². The van der Waals surface area contributed by atoms with E-state index in [4.69, 9.17) is 39.5 Å². The molecule has 3 rings (SSSR count). The number of carbonyl (C=O) groups is 1. The number of rotatable bonds is 5. The van der Waals surface area contributed by atoms with Crippen LogP contribution in [-0.2, 0) is 14.6 Å². The Morgan fingerprint density at radius 3 is 2.33 bits per heavy atom. The van der Waals surface area contributed by atoms with Gasteiger partial charge in [0.1, 0.15) is 5.75 Å². The highest BCUT2D eigenvalue weighted by molar-refractivity contribution is 7.91. The highest BCUT2D eigenvalue weighted by Crippen LogP contribution is 2.35.